The Morgan fingerprint density at radius 1 is 1.09 bits per heavy atom. The SMILES string of the molecule is CNS(=O)(=O)c1cccc(C(=O)OCC(=O)OC(Cc2c(Cl)c[n+]([O-])cc2Cl)c2ccc(OC(F)F)c(OCC3CC3)c2)c1. The summed E-state index contributed by atoms with van der Waals surface area (Å²) >= 11 is 12.5. The lowest BCUT2D eigenvalue weighted by Crippen LogP contribution is -2.26. The average Bonchev–Trinajstić information content (AvgIpc) is 3.81. The Morgan fingerprint density at radius 2 is 1.80 bits per heavy atom. The molecule has 16 heteroatoms. The number of pyridine rings is 1. The summed E-state index contributed by atoms with van der Waals surface area (Å²) in [5.74, 6) is -1.97. The highest BCUT2D eigenvalue weighted by molar-refractivity contribution is 7.89. The van der Waals surface area contributed by atoms with Crippen molar-refractivity contribution in [1.29, 1.82) is 0 Å². The molecule has 1 aliphatic carbocycles. The van der Waals surface area contributed by atoms with Crippen LogP contribution in [-0.4, -0.2) is 47.2 Å². The molecule has 1 unspecified atom stereocenters. The lowest BCUT2D eigenvalue weighted by Gasteiger charge is -2.21. The Balaban J connectivity index is 1.56. The van der Waals surface area contributed by atoms with Gasteiger partial charge in [-0.15, -0.1) is 0 Å². The van der Waals surface area contributed by atoms with E-state index in [4.69, 9.17) is 37.4 Å². The molecule has 3 aromatic rings. The van der Waals surface area contributed by atoms with Gasteiger partial charge in [0.1, 0.15) is 16.1 Å². The predicted molar refractivity (Wildman–Crippen MR) is 152 cm³/mol. The van der Waals surface area contributed by atoms with Gasteiger partial charge in [-0.05, 0) is 61.7 Å². The molecule has 1 aliphatic rings. The third-order valence-corrected chi connectivity index (χ3v) is 8.48. The molecule has 236 valence electrons. The zero-order chi connectivity index (χ0) is 32.0. The molecule has 0 saturated heterocycles. The van der Waals surface area contributed by atoms with E-state index in [1.165, 1.54) is 43.4 Å². The number of halogens is 4. The number of benzene rings is 2. The lowest BCUT2D eigenvalue weighted by atomic mass is 10.0. The van der Waals surface area contributed by atoms with E-state index in [0.29, 0.717) is 4.73 Å². The first-order chi connectivity index (χ1) is 20.9. The van der Waals surface area contributed by atoms with Gasteiger partial charge in [-0.25, -0.2) is 22.7 Å². The summed E-state index contributed by atoms with van der Waals surface area (Å²) in [6.07, 6.45) is 2.63. The van der Waals surface area contributed by atoms with Gasteiger partial charge in [0.25, 0.3) is 0 Å². The third kappa shape index (κ3) is 8.91. The van der Waals surface area contributed by atoms with Crippen molar-refractivity contribution in [2.75, 3.05) is 20.3 Å². The van der Waals surface area contributed by atoms with Crippen molar-refractivity contribution in [3.05, 3.63) is 86.8 Å². The molecule has 1 atom stereocenters. The molecular weight excluding hydrogens is 649 g/mol. The van der Waals surface area contributed by atoms with Crippen LogP contribution in [0.1, 0.15) is 40.4 Å². The normalized spacial score (nSPS) is 13.8. The van der Waals surface area contributed by atoms with E-state index in [9.17, 15) is 32.0 Å². The second kappa shape index (κ2) is 14.4. The van der Waals surface area contributed by atoms with Crippen molar-refractivity contribution in [3.8, 4) is 11.5 Å². The molecule has 1 N–H and O–H groups in total. The largest absolute Gasteiger partial charge is 0.619 e. The van der Waals surface area contributed by atoms with Crippen LogP contribution in [0.15, 0.2) is 59.8 Å². The molecule has 0 spiro atoms. The summed E-state index contributed by atoms with van der Waals surface area (Å²) in [5.41, 5.74) is 0.380. The van der Waals surface area contributed by atoms with Crippen LogP contribution in [-0.2, 0) is 30.7 Å². The van der Waals surface area contributed by atoms with Crippen LogP contribution in [0.5, 0.6) is 11.5 Å². The zero-order valence-electron chi connectivity index (χ0n) is 23.0. The maximum atomic E-state index is 13.0. The van der Waals surface area contributed by atoms with Crippen LogP contribution in [0, 0.1) is 11.1 Å². The number of ether oxygens (including phenoxy) is 4. The van der Waals surface area contributed by atoms with Crippen molar-refractivity contribution in [2.45, 2.75) is 36.9 Å². The Kier molecular flexibility index (Phi) is 10.8. The van der Waals surface area contributed by atoms with Gasteiger partial charge >= 0.3 is 18.6 Å². The minimum absolute atomic E-state index is 0.0127. The molecule has 2 aromatic carbocycles. The van der Waals surface area contributed by atoms with E-state index in [1.807, 2.05) is 0 Å². The molecule has 1 heterocycles. The van der Waals surface area contributed by atoms with E-state index >= 15 is 0 Å². The topological polar surface area (TPSA) is 144 Å². The molecule has 0 radical (unpaired) electrons. The summed E-state index contributed by atoms with van der Waals surface area (Å²) < 4.78 is 73.7. The van der Waals surface area contributed by atoms with Gasteiger partial charge in [-0.3, -0.25) is 0 Å². The molecular formula is C28H26Cl2F2N2O9S. The standard InChI is InChI=1S/C28H26Cl2F2N2O9S/c1-33-44(38,39)19-4-2-3-18(9-19)27(36)41-15-26(35)42-24(11-20-21(29)12-34(37)13-22(20)30)17-7-8-23(43-28(31)32)25(10-17)40-14-16-5-6-16/h2-4,7-10,12-13,16,24,28,33H,5-6,11,14-15H2,1H3. The van der Waals surface area contributed by atoms with Gasteiger partial charge in [0.15, 0.2) is 30.5 Å². The highest BCUT2D eigenvalue weighted by Crippen LogP contribution is 2.37. The molecule has 1 aromatic heterocycles. The number of nitrogens with one attached hydrogen (secondary N) is 1. The van der Waals surface area contributed by atoms with Crippen molar-refractivity contribution >= 4 is 45.2 Å². The van der Waals surface area contributed by atoms with Crippen LogP contribution < -0.4 is 18.9 Å². The molecule has 0 aliphatic heterocycles. The number of carbonyl (C=O) groups excluding carboxylic acids is 2. The molecule has 4 rings (SSSR count). The van der Waals surface area contributed by atoms with E-state index in [-0.39, 0.29) is 62.1 Å². The molecule has 1 saturated carbocycles. The maximum absolute atomic E-state index is 13.0. The zero-order valence-corrected chi connectivity index (χ0v) is 25.3. The van der Waals surface area contributed by atoms with Crippen LogP contribution in [0.3, 0.4) is 0 Å². The molecule has 0 amide bonds. The number of nitrogens with zero attached hydrogens (tertiary/aromatic N) is 1. The van der Waals surface area contributed by atoms with Gasteiger partial charge in [0.05, 0.1) is 17.1 Å². The molecule has 44 heavy (non-hydrogen) atoms. The fourth-order valence-electron chi connectivity index (χ4n) is 3.97. The van der Waals surface area contributed by atoms with Gasteiger partial charge in [-0.1, -0.05) is 35.3 Å². The summed E-state index contributed by atoms with van der Waals surface area (Å²) in [5, 5.41) is 11.7. The third-order valence-electron chi connectivity index (χ3n) is 6.42. The number of alkyl halides is 2. The number of aromatic nitrogens is 1. The smallest absolute Gasteiger partial charge is 0.387 e. The first kappa shape index (κ1) is 33.2. The van der Waals surface area contributed by atoms with Crippen LogP contribution in [0.4, 0.5) is 8.78 Å². The summed E-state index contributed by atoms with van der Waals surface area (Å²) in [4.78, 5) is 25.3. The van der Waals surface area contributed by atoms with Gasteiger partial charge in [0.2, 0.25) is 10.0 Å². The molecule has 11 nitrogen and oxygen atoms in total. The second-order valence-electron chi connectivity index (χ2n) is 9.63. The summed E-state index contributed by atoms with van der Waals surface area (Å²) in [7, 11) is -2.63. The Labute approximate surface area is 261 Å². The van der Waals surface area contributed by atoms with E-state index in [0.717, 1.165) is 31.3 Å². The summed E-state index contributed by atoms with van der Waals surface area (Å²) in [6, 6.07) is 8.97. The van der Waals surface area contributed by atoms with Crippen LogP contribution in [0.25, 0.3) is 0 Å². The quantitative estimate of drug-likeness (QED) is 0.147. The van der Waals surface area contributed by atoms with Gasteiger partial charge in [0, 0.05) is 12.0 Å². The second-order valence-corrected chi connectivity index (χ2v) is 12.3. The first-order valence-corrected chi connectivity index (χ1v) is 15.3. The fraction of sp³-hybridized carbons (Fsp3) is 0.321. The number of sulfonamides is 1. The number of esters is 2. The number of hydrogen-bond acceptors (Lipinski definition) is 9. The molecule has 0 bridgehead atoms. The Morgan fingerprint density at radius 3 is 2.43 bits per heavy atom. The minimum Gasteiger partial charge on any atom is -0.619 e. The monoisotopic (exact) mass is 674 g/mol. The lowest BCUT2D eigenvalue weighted by molar-refractivity contribution is -0.605. The number of hydrogen-bond donors (Lipinski definition) is 1. The van der Waals surface area contributed by atoms with Crippen molar-refractivity contribution in [1.82, 2.24) is 4.72 Å². The number of rotatable bonds is 14. The van der Waals surface area contributed by atoms with Crippen molar-refractivity contribution < 1.29 is 50.5 Å². The molecule has 1 fully saturated rings. The van der Waals surface area contributed by atoms with Gasteiger partial charge < -0.3 is 24.2 Å². The summed E-state index contributed by atoms with van der Waals surface area (Å²) in [6.45, 7) is -3.72. The highest BCUT2D eigenvalue weighted by Gasteiger charge is 2.27. The van der Waals surface area contributed by atoms with Gasteiger partial charge in [-0.2, -0.15) is 13.5 Å². The van der Waals surface area contributed by atoms with Crippen LogP contribution >= 0.6 is 23.2 Å². The highest BCUT2D eigenvalue weighted by atomic mass is 35.5. The first-order valence-electron chi connectivity index (χ1n) is 13.0. The minimum atomic E-state index is -3.84. The number of carbonyl (C=O) groups is 2. The Bertz CT molecular complexity index is 1620. The fourth-order valence-corrected chi connectivity index (χ4v) is 5.34. The van der Waals surface area contributed by atoms with E-state index in [2.05, 4.69) is 9.46 Å². The van der Waals surface area contributed by atoms with Crippen molar-refractivity contribution in [3.63, 3.8) is 0 Å². The van der Waals surface area contributed by atoms with E-state index in [1.54, 1.807) is 0 Å². The predicted octanol–water partition coefficient (Wildman–Crippen LogP) is 4.61. The van der Waals surface area contributed by atoms with E-state index < -0.39 is 41.3 Å². The van der Waals surface area contributed by atoms with Crippen LogP contribution in [0.2, 0.25) is 10.0 Å². The maximum Gasteiger partial charge on any atom is 0.387 e. The van der Waals surface area contributed by atoms with Crippen molar-refractivity contribution in [2.24, 2.45) is 5.92 Å². The Hall–Kier alpha value is -3.72. The average molecular weight is 675 g/mol.